The van der Waals surface area contributed by atoms with Crippen molar-refractivity contribution in [3.63, 3.8) is 0 Å². The summed E-state index contributed by atoms with van der Waals surface area (Å²) in [6, 6.07) is 7.25. The fraction of sp³-hybridized carbons (Fsp3) is 0.478. The maximum absolute atomic E-state index is 13.0. The van der Waals surface area contributed by atoms with E-state index in [0.29, 0.717) is 30.0 Å². The van der Waals surface area contributed by atoms with Crippen molar-refractivity contribution in [3.8, 4) is 5.75 Å². The third-order valence-corrected chi connectivity index (χ3v) is 6.06. The van der Waals surface area contributed by atoms with E-state index in [1.807, 2.05) is 6.92 Å². The molecule has 2 aliphatic heterocycles. The van der Waals surface area contributed by atoms with Crippen molar-refractivity contribution in [2.24, 2.45) is 0 Å². The zero-order valence-electron chi connectivity index (χ0n) is 18.4. The minimum atomic E-state index is -0.918. The molecule has 170 valence electrons. The zero-order valence-corrected chi connectivity index (χ0v) is 18.4. The number of fused-ring (bicyclic) bond motifs is 1. The average molecular weight is 440 g/mol. The number of hydrogen-bond donors (Lipinski definition) is 3. The Kier molecular flexibility index (Phi) is 6.43. The molecule has 2 atom stereocenters. The Balaban J connectivity index is 1.60. The summed E-state index contributed by atoms with van der Waals surface area (Å²) in [5.74, 6) is -0.350. The summed E-state index contributed by atoms with van der Waals surface area (Å²) in [6.07, 6.45) is 4.05. The maximum Gasteiger partial charge on any atom is 0.258 e. The molecule has 0 saturated carbocycles. The number of amides is 2. The second-order valence-electron chi connectivity index (χ2n) is 8.15. The van der Waals surface area contributed by atoms with E-state index in [9.17, 15) is 14.4 Å². The van der Waals surface area contributed by atoms with Gasteiger partial charge in [0.1, 0.15) is 11.6 Å². The van der Waals surface area contributed by atoms with Crippen molar-refractivity contribution in [1.29, 1.82) is 0 Å². The molecule has 1 aromatic carbocycles. The number of nitrogens with one attached hydrogen (secondary N) is 3. The highest BCUT2D eigenvalue weighted by atomic mass is 16.5. The van der Waals surface area contributed by atoms with Crippen LogP contribution in [0.25, 0.3) is 0 Å². The Hall–Kier alpha value is -3.36. The van der Waals surface area contributed by atoms with Crippen molar-refractivity contribution in [3.05, 3.63) is 40.2 Å². The lowest BCUT2D eigenvalue weighted by Gasteiger charge is -2.36. The molecule has 0 bridgehead atoms. The Morgan fingerprint density at radius 1 is 1.22 bits per heavy atom. The van der Waals surface area contributed by atoms with Gasteiger partial charge in [-0.25, -0.2) is 0 Å². The number of anilines is 3. The Labute approximate surface area is 186 Å². The van der Waals surface area contributed by atoms with Gasteiger partial charge in [-0.15, -0.1) is 0 Å². The quantitative estimate of drug-likeness (QED) is 0.637. The predicted molar refractivity (Wildman–Crippen MR) is 122 cm³/mol. The number of piperidine rings is 1. The van der Waals surface area contributed by atoms with Gasteiger partial charge < -0.3 is 20.3 Å². The van der Waals surface area contributed by atoms with Gasteiger partial charge in [-0.05, 0) is 56.9 Å². The molecule has 2 amide bonds. The normalized spacial score (nSPS) is 20.3. The third kappa shape index (κ3) is 4.46. The van der Waals surface area contributed by atoms with E-state index in [1.54, 1.807) is 24.3 Å². The van der Waals surface area contributed by atoms with Gasteiger partial charge in [0.25, 0.3) is 5.56 Å². The van der Waals surface area contributed by atoms with Crippen molar-refractivity contribution in [2.45, 2.75) is 57.9 Å². The van der Waals surface area contributed by atoms with E-state index >= 15 is 0 Å². The van der Waals surface area contributed by atoms with Crippen LogP contribution in [0.2, 0.25) is 0 Å². The zero-order chi connectivity index (χ0) is 22.7. The summed E-state index contributed by atoms with van der Waals surface area (Å²) in [6.45, 7) is 5.36. The molecule has 0 spiro atoms. The van der Waals surface area contributed by atoms with E-state index in [2.05, 4.69) is 32.4 Å². The van der Waals surface area contributed by atoms with Crippen LogP contribution in [0.5, 0.6) is 5.75 Å². The van der Waals surface area contributed by atoms with Crippen LogP contribution in [0.15, 0.2) is 29.1 Å². The van der Waals surface area contributed by atoms with E-state index in [1.165, 1.54) is 0 Å². The Morgan fingerprint density at radius 2 is 2.00 bits per heavy atom. The van der Waals surface area contributed by atoms with Crippen LogP contribution in [-0.2, 0) is 9.59 Å². The molecule has 0 aliphatic carbocycles. The first-order valence-electron chi connectivity index (χ1n) is 11.2. The number of benzene rings is 1. The molecule has 9 heteroatoms. The number of hydrogen-bond acceptors (Lipinski definition) is 6. The van der Waals surface area contributed by atoms with Crippen LogP contribution in [0.1, 0.15) is 57.4 Å². The van der Waals surface area contributed by atoms with Crippen LogP contribution in [-0.4, -0.2) is 41.0 Å². The van der Waals surface area contributed by atoms with Crippen LogP contribution in [0, 0.1) is 0 Å². The molecule has 32 heavy (non-hydrogen) atoms. The number of rotatable bonds is 6. The molecule has 9 nitrogen and oxygen atoms in total. The molecule has 0 radical (unpaired) electrons. The fourth-order valence-electron chi connectivity index (χ4n) is 4.45. The van der Waals surface area contributed by atoms with Gasteiger partial charge >= 0.3 is 0 Å². The van der Waals surface area contributed by atoms with Gasteiger partial charge in [-0.2, -0.15) is 4.98 Å². The highest BCUT2D eigenvalue weighted by Gasteiger charge is 2.35. The smallest absolute Gasteiger partial charge is 0.258 e. The molecule has 1 aromatic heterocycles. The summed E-state index contributed by atoms with van der Waals surface area (Å²) in [4.78, 5) is 47.9. The van der Waals surface area contributed by atoms with Crippen LogP contribution in [0.3, 0.4) is 0 Å². The second kappa shape index (κ2) is 9.42. The number of carbonyl (C=O) groups is 2. The number of carbonyl (C=O) groups excluding carboxylic acids is 2. The van der Waals surface area contributed by atoms with Gasteiger partial charge in [0, 0.05) is 24.7 Å². The van der Waals surface area contributed by atoms with E-state index in [0.717, 1.165) is 32.2 Å². The Bertz CT molecular complexity index is 1050. The minimum absolute atomic E-state index is 0.110. The molecule has 1 fully saturated rings. The Morgan fingerprint density at radius 3 is 2.72 bits per heavy atom. The first kappa shape index (κ1) is 21.9. The standard InChI is InChI=1S/C23H29N5O4/c1-3-15-7-5-6-12-28(15)23-26-20-19(22(31)27-23)17(13-18(29)25-20)21(30)24-14-8-10-16(11-9-14)32-4-2/h8-11,15,17H,3-7,12-13H2,1-2H3,(H,24,30)(H2,25,26,27,29,31)/t15-,17-/m0/s1. The molecule has 2 aromatic rings. The lowest BCUT2D eigenvalue weighted by Crippen LogP contribution is -2.43. The van der Waals surface area contributed by atoms with E-state index in [4.69, 9.17) is 4.74 Å². The van der Waals surface area contributed by atoms with Crippen LogP contribution < -0.4 is 25.8 Å². The maximum atomic E-state index is 13.0. The molecular weight excluding hydrogens is 410 g/mol. The average Bonchev–Trinajstić information content (AvgIpc) is 2.79. The molecular formula is C23H29N5O4. The number of nitrogens with zero attached hydrogens (tertiary/aromatic N) is 2. The molecule has 2 aliphatic rings. The molecule has 3 heterocycles. The SMILES string of the molecule is CCOc1ccc(NC(=O)[C@H]2CC(=O)Nc3nc(N4CCCC[C@@H]4CC)[nH]c(=O)c32)cc1. The monoisotopic (exact) mass is 439 g/mol. The number of H-pyrrole nitrogens is 1. The van der Waals surface area contributed by atoms with Crippen LogP contribution >= 0.6 is 0 Å². The fourth-order valence-corrected chi connectivity index (χ4v) is 4.45. The van der Waals surface area contributed by atoms with Crippen LogP contribution in [0.4, 0.5) is 17.5 Å². The summed E-state index contributed by atoms with van der Waals surface area (Å²) >= 11 is 0. The van der Waals surface area contributed by atoms with E-state index < -0.39 is 17.4 Å². The summed E-state index contributed by atoms with van der Waals surface area (Å²) < 4.78 is 5.41. The third-order valence-electron chi connectivity index (χ3n) is 6.06. The van der Waals surface area contributed by atoms with Gasteiger partial charge in [0.2, 0.25) is 17.8 Å². The number of aromatic nitrogens is 2. The summed E-state index contributed by atoms with van der Waals surface area (Å²) in [5.41, 5.74) is 0.366. The summed E-state index contributed by atoms with van der Waals surface area (Å²) in [7, 11) is 0. The van der Waals surface area contributed by atoms with Crippen molar-refractivity contribution in [2.75, 3.05) is 28.7 Å². The minimum Gasteiger partial charge on any atom is -0.494 e. The number of aromatic amines is 1. The second-order valence-corrected chi connectivity index (χ2v) is 8.15. The molecule has 4 rings (SSSR count). The van der Waals surface area contributed by atoms with E-state index in [-0.39, 0.29) is 23.7 Å². The molecule has 1 saturated heterocycles. The number of ether oxygens (including phenoxy) is 1. The first-order chi connectivity index (χ1) is 15.5. The molecule has 3 N–H and O–H groups in total. The first-order valence-corrected chi connectivity index (χ1v) is 11.2. The van der Waals surface area contributed by atoms with Gasteiger partial charge in [0.15, 0.2) is 0 Å². The lowest BCUT2D eigenvalue weighted by molar-refractivity contribution is -0.123. The summed E-state index contributed by atoms with van der Waals surface area (Å²) in [5, 5.41) is 5.49. The predicted octanol–water partition coefficient (Wildman–Crippen LogP) is 3.00. The highest BCUT2D eigenvalue weighted by Crippen LogP contribution is 2.32. The topological polar surface area (TPSA) is 116 Å². The van der Waals surface area contributed by atoms with Crippen molar-refractivity contribution >= 4 is 29.3 Å². The van der Waals surface area contributed by atoms with Gasteiger partial charge in [0.05, 0.1) is 18.1 Å². The molecule has 0 unspecified atom stereocenters. The van der Waals surface area contributed by atoms with Gasteiger partial charge in [-0.1, -0.05) is 6.92 Å². The lowest BCUT2D eigenvalue weighted by atomic mass is 9.92. The van der Waals surface area contributed by atoms with Crippen molar-refractivity contribution < 1.29 is 14.3 Å². The van der Waals surface area contributed by atoms with Gasteiger partial charge in [-0.3, -0.25) is 19.4 Å². The largest absolute Gasteiger partial charge is 0.494 e. The highest BCUT2D eigenvalue weighted by molar-refractivity contribution is 6.04. The van der Waals surface area contributed by atoms with Crippen molar-refractivity contribution in [1.82, 2.24) is 9.97 Å².